The van der Waals surface area contributed by atoms with Crippen molar-refractivity contribution in [2.24, 2.45) is 0 Å². The lowest BCUT2D eigenvalue weighted by atomic mass is 10.2. The molecule has 2 saturated heterocycles. The molecule has 0 N–H and O–H groups in total. The molecule has 0 bridgehead atoms. The number of nitrogens with zero attached hydrogens (tertiary/aromatic N) is 2. The van der Waals surface area contributed by atoms with Crippen molar-refractivity contribution < 1.29 is 33.4 Å². The molecule has 2 heterocycles. The Hall–Kier alpha value is -2.85. The van der Waals surface area contributed by atoms with E-state index >= 15 is 0 Å². The first-order chi connectivity index (χ1) is 14.0. The zero-order chi connectivity index (χ0) is 20.8. The monoisotopic (exact) mass is 420 g/mol. The number of thioether (sulfide) groups is 1. The number of ether oxygens (including phenoxy) is 3. The van der Waals surface area contributed by atoms with Gasteiger partial charge in [-0.2, -0.15) is 0 Å². The third-order valence-electron chi connectivity index (χ3n) is 4.29. The molecule has 10 heteroatoms. The van der Waals surface area contributed by atoms with Crippen molar-refractivity contribution in [2.75, 3.05) is 46.6 Å². The van der Waals surface area contributed by atoms with E-state index in [4.69, 9.17) is 9.47 Å². The van der Waals surface area contributed by atoms with Gasteiger partial charge in [0.05, 0.1) is 25.2 Å². The Balaban J connectivity index is 1.61. The van der Waals surface area contributed by atoms with E-state index in [2.05, 4.69) is 4.74 Å². The summed E-state index contributed by atoms with van der Waals surface area (Å²) in [7, 11) is 1.27. The lowest BCUT2D eigenvalue weighted by molar-refractivity contribution is -0.143. The van der Waals surface area contributed by atoms with Crippen LogP contribution in [0, 0.1) is 0 Å². The quantitative estimate of drug-likeness (QED) is 0.499. The molecule has 3 amide bonds. The Morgan fingerprint density at radius 1 is 1.17 bits per heavy atom. The molecule has 0 spiro atoms. The number of morpholine rings is 1. The minimum absolute atomic E-state index is 0.202. The topological polar surface area (TPSA) is 102 Å². The van der Waals surface area contributed by atoms with E-state index in [1.54, 1.807) is 35.2 Å². The molecule has 0 radical (unpaired) electrons. The number of carbonyl (C=O) groups excluding carboxylic acids is 4. The Labute approximate surface area is 171 Å². The standard InChI is InChI=1S/C19H20N2O7S/c1-26-17(23)12-28-14-4-2-13(3-5-14)10-15-18(24)21(19(25)29-15)11-16(22)20-6-8-27-9-7-20/h2-5,10H,6-9,11-12H2,1H3/b15-10+. The van der Waals surface area contributed by atoms with Gasteiger partial charge in [0.25, 0.3) is 11.1 Å². The lowest BCUT2D eigenvalue weighted by Gasteiger charge is -2.28. The van der Waals surface area contributed by atoms with Crippen LogP contribution in [-0.2, 0) is 23.9 Å². The number of rotatable bonds is 6. The van der Waals surface area contributed by atoms with Crippen molar-refractivity contribution in [3.05, 3.63) is 34.7 Å². The van der Waals surface area contributed by atoms with Gasteiger partial charge in [-0.15, -0.1) is 0 Å². The van der Waals surface area contributed by atoms with E-state index in [9.17, 15) is 19.2 Å². The number of hydrogen-bond acceptors (Lipinski definition) is 8. The van der Waals surface area contributed by atoms with Crippen LogP contribution < -0.4 is 4.74 Å². The highest BCUT2D eigenvalue weighted by atomic mass is 32.2. The molecule has 9 nitrogen and oxygen atoms in total. The highest BCUT2D eigenvalue weighted by molar-refractivity contribution is 8.18. The number of amides is 3. The van der Waals surface area contributed by atoms with Crippen LogP contribution in [0.15, 0.2) is 29.2 Å². The second-order valence-electron chi connectivity index (χ2n) is 6.19. The first-order valence-corrected chi connectivity index (χ1v) is 9.70. The van der Waals surface area contributed by atoms with E-state index in [1.165, 1.54) is 7.11 Å². The number of hydrogen-bond donors (Lipinski definition) is 0. The van der Waals surface area contributed by atoms with Crippen LogP contribution in [0.5, 0.6) is 5.75 Å². The fourth-order valence-electron chi connectivity index (χ4n) is 2.70. The van der Waals surface area contributed by atoms with Crippen LogP contribution in [0.2, 0.25) is 0 Å². The average molecular weight is 420 g/mol. The molecule has 0 saturated carbocycles. The molecule has 3 rings (SSSR count). The van der Waals surface area contributed by atoms with E-state index in [1.807, 2.05) is 0 Å². The number of esters is 1. The second-order valence-corrected chi connectivity index (χ2v) is 7.19. The van der Waals surface area contributed by atoms with Crippen molar-refractivity contribution in [3.63, 3.8) is 0 Å². The minimum atomic E-state index is -0.493. The van der Waals surface area contributed by atoms with Crippen molar-refractivity contribution in [1.82, 2.24) is 9.80 Å². The largest absolute Gasteiger partial charge is 0.482 e. The predicted molar refractivity (Wildman–Crippen MR) is 104 cm³/mol. The fraction of sp³-hybridized carbons (Fsp3) is 0.368. The van der Waals surface area contributed by atoms with Crippen molar-refractivity contribution in [1.29, 1.82) is 0 Å². The summed E-state index contributed by atoms with van der Waals surface area (Å²) in [5.74, 6) is -0.789. The first-order valence-electron chi connectivity index (χ1n) is 8.88. The Morgan fingerprint density at radius 2 is 1.86 bits per heavy atom. The molecule has 1 aromatic carbocycles. The molecule has 2 fully saturated rings. The maximum atomic E-state index is 12.6. The van der Waals surface area contributed by atoms with Gasteiger partial charge in [0, 0.05) is 13.1 Å². The summed E-state index contributed by atoms with van der Waals surface area (Å²) >= 11 is 0.797. The maximum Gasteiger partial charge on any atom is 0.343 e. The van der Waals surface area contributed by atoms with Gasteiger partial charge < -0.3 is 19.1 Å². The van der Waals surface area contributed by atoms with E-state index in [-0.39, 0.29) is 24.0 Å². The SMILES string of the molecule is COC(=O)COc1ccc(/C=C2/SC(=O)N(CC(=O)N3CCOCC3)C2=O)cc1. The Kier molecular flexibility index (Phi) is 6.89. The lowest BCUT2D eigenvalue weighted by Crippen LogP contribution is -2.46. The van der Waals surface area contributed by atoms with Gasteiger partial charge in [0.2, 0.25) is 5.91 Å². The number of methoxy groups -OCH3 is 1. The maximum absolute atomic E-state index is 12.6. The number of imide groups is 1. The molecule has 29 heavy (non-hydrogen) atoms. The van der Waals surface area contributed by atoms with Gasteiger partial charge in [-0.3, -0.25) is 19.3 Å². The van der Waals surface area contributed by atoms with Crippen molar-refractivity contribution in [3.8, 4) is 5.75 Å². The molecular formula is C19H20N2O7S. The summed E-state index contributed by atoms with van der Waals surface area (Å²) < 4.78 is 15.0. The van der Waals surface area contributed by atoms with Gasteiger partial charge in [-0.05, 0) is 35.5 Å². The molecule has 0 unspecified atom stereocenters. The highest BCUT2D eigenvalue weighted by Crippen LogP contribution is 2.32. The van der Waals surface area contributed by atoms with Crippen LogP contribution >= 0.6 is 11.8 Å². The zero-order valence-electron chi connectivity index (χ0n) is 15.8. The van der Waals surface area contributed by atoms with Gasteiger partial charge in [-0.1, -0.05) is 12.1 Å². The summed E-state index contributed by atoms with van der Waals surface area (Å²) in [5.41, 5.74) is 0.681. The number of benzene rings is 1. The van der Waals surface area contributed by atoms with Gasteiger partial charge >= 0.3 is 5.97 Å². The zero-order valence-corrected chi connectivity index (χ0v) is 16.6. The van der Waals surface area contributed by atoms with Crippen LogP contribution in [0.3, 0.4) is 0 Å². The van der Waals surface area contributed by atoms with E-state index in [0.717, 1.165) is 16.7 Å². The van der Waals surface area contributed by atoms with E-state index in [0.29, 0.717) is 37.6 Å². The van der Waals surface area contributed by atoms with Crippen LogP contribution in [0.25, 0.3) is 6.08 Å². The summed E-state index contributed by atoms with van der Waals surface area (Å²) in [6, 6.07) is 6.67. The summed E-state index contributed by atoms with van der Waals surface area (Å²) in [5, 5.41) is -0.471. The summed E-state index contributed by atoms with van der Waals surface area (Å²) in [4.78, 5) is 51.0. The molecule has 1 aromatic rings. The molecule has 0 aromatic heterocycles. The van der Waals surface area contributed by atoms with Crippen LogP contribution in [-0.4, -0.2) is 79.4 Å². The van der Waals surface area contributed by atoms with Crippen molar-refractivity contribution in [2.45, 2.75) is 0 Å². The molecule has 0 aliphatic carbocycles. The molecular weight excluding hydrogens is 400 g/mol. The molecule has 154 valence electrons. The normalized spacial score (nSPS) is 18.3. The van der Waals surface area contributed by atoms with Gasteiger partial charge in [0.15, 0.2) is 6.61 Å². The van der Waals surface area contributed by atoms with Crippen LogP contribution in [0.1, 0.15) is 5.56 Å². The Morgan fingerprint density at radius 3 is 2.52 bits per heavy atom. The predicted octanol–water partition coefficient (Wildman–Crippen LogP) is 1.13. The molecule has 0 atom stereocenters. The van der Waals surface area contributed by atoms with Gasteiger partial charge in [-0.25, -0.2) is 4.79 Å². The van der Waals surface area contributed by atoms with Crippen LogP contribution in [0.4, 0.5) is 4.79 Å². The minimum Gasteiger partial charge on any atom is -0.482 e. The summed E-state index contributed by atoms with van der Waals surface area (Å²) in [6.07, 6.45) is 1.58. The Bertz CT molecular complexity index is 831. The molecule has 2 aliphatic heterocycles. The van der Waals surface area contributed by atoms with Gasteiger partial charge in [0.1, 0.15) is 12.3 Å². The number of carbonyl (C=O) groups is 4. The van der Waals surface area contributed by atoms with Crippen molar-refractivity contribution >= 4 is 40.9 Å². The smallest absolute Gasteiger partial charge is 0.343 e. The third-order valence-corrected chi connectivity index (χ3v) is 5.20. The first kappa shape index (κ1) is 20.9. The third kappa shape index (κ3) is 5.36. The highest BCUT2D eigenvalue weighted by Gasteiger charge is 2.37. The average Bonchev–Trinajstić information content (AvgIpc) is 3.00. The molecule has 2 aliphatic rings. The second kappa shape index (κ2) is 9.57. The fourth-order valence-corrected chi connectivity index (χ4v) is 3.54. The van der Waals surface area contributed by atoms with E-state index < -0.39 is 17.1 Å². The summed E-state index contributed by atoms with van der Waals surface area (Å²) in [6.45, 7) is 1.33.